The summed E-state index contributed by atoms with van der Waals surface area (Å²) in [6.45, 7) is 0. The predicted molar refractivity (Wildman–Crippen MR) is 43.6 cm³/mol. The molecule has 0 saturated heterocycles. The van der Waals surface area contributed by atoms with Crippen LogP contribution in [0.5, 0.6) is 0 Å². The van der Waals surface area contributed by atoms with E-state index in [9.17, 15) is 0 Å². The van der Waals surface area contributed by atoms with Crippen LogP contribution in [-0.2, 0) is 0 Å². The zero-order chi connectivity index (χ0) is 6.81. The fourth-order valence-corrected chi connectivity index (χ4v) is 2.59. The highest BCUT2D eigenvalue weighted by atomic mass is 14.3. The van der Waals surface area contributed by atoms with Crippen LogP contribution in [0.15, 0.2) is 0 Å². The van der Waals surface area contributed by atoms with E-state index < -0.39 is 0 Å². The molecule has 2 atom stereocenters. The molecule has 0 aromatic heterocycles. The Hall–Kier alpha value is 0. The lowest BCUT2D eigenvalue weighted by molar-refractivity contribution is 0.273. The lowest BCUT2D eigenvalue weighted by atomic mass is 9.81. The predicted octanol–water partition coefficient (Wildman–Crippen LogP) is 3.18. The summed E-state index contributed by atoms with van der Waals surface area (Å²) >= 11 is 0. The number of hydrogen-bond acceptors (Lipinski definition) is 0. The van der Waals surface area contributed by atoms with Gasteiger partial charge in [-0.25, -0.2) is 0 Å². The highest BCUT2D eigenvalue weighted by Crippen LogP contribution is 2.37. The van der Waals surface area contributed by atoms with Gasteiger partial charge >= 0.3 is 0 Å². The molecule has 0 nitrogen and oxygen atoms in total. The molecule has 2 aliphatic rings. The van der Waals surface area contributed by atoms with Gasteiger partial charge in [0.15, 0.2) is 0 Å². The van der Waals surface area contributed by atoms with E-state index in [-0.39, 0.29) is 0 Å². The molecule has 1 radical (unpaired) electrons. The van der Waals surface area contributed by atoms with Gasteiger partial charge in [0.05, 0.1) is 0 Å². The van der Waals surface area contributed by atoms with Crippen molar-refractivity contribution in [3.63, 3.8) is 0 Å². The molecule has 0 heterocycles. The first-order valence-electron chi connectivity index (χ1n) is 4.77. The molecule has 0 aliphatic heterocycles. The highest BCUT2D eigenvalue weighted by Gasteiger charge is 2.23. The summed E-state index contributed by atoms with van der Waals surface area (Å²) in [6.07, 6.45) is 13.0. The van der Waals surface area contributed by atoms with Crippen LogP contribution in [0.4, 0.5) is 0 Å². The molecule has 2 aliphatic carbocycles. The van der Waals surface area contributed by atoms with Crippen molar-refractivity contribution >= 4 is 0 Å². The van der Waals surface area contributed by atoms with Gasteiger partial charge in [-0.15, -0.1) is 0 Å². The third kappa shape index (κ3) is 1.36. The van der Waals surface area contributed by atoms with Crippen molar-refractivity contribution in [3.8, 4) is 0 Å². The molecule has 10 heavy (non-hydrogen) atoms. The van der Waals surface area contributed by atoms with Crippen LogP contribution in [0.25, 0.3) is 0 Å². The van der Waals surface area contributed by atoms with E-state index >= 15 is 0 Å². The molecular formula is C10H17. The number of fused-ring (bicyclic) bond motifs is 2. The van der Waals surface area contributed by atoms with Crippen molar-refractivity contribution in [1.29, 1.82) is 0 Å². The van der Waals surface area contributed by atoms with Gasteiger partial charge in [0, 0.05) is 0 Å². The van der Waals surface area contributed by atoms with Crippen LogP contribution < -0.4 is 0 Å². The Balaban J connectivity index is 1.96. The lowest BCUT2D eigenvalue weighted by Gasteiger charge is -2.25. The third-order valence-corrected chi connectivity index (χ3v) is 3.17. The molecule has 0 N–H and O–H groups in total. The normalized spacial score (nSPS) is 40.8. The average molecular weight is 137 g/mol. The second kappa shape index (κ2) is 2.94. The second-order valence-electron chi connectivity index (χ2n) is 4.00. The third-order valence-electron chi connectivity index (χ3n) is 3.17. The maximum absolute atomic E-state index is 2.52. The quantitative estimate of drug-likeness (QED) is 0.481. The smallest absolute Gasteiger partial charge is 0.0383 e. The van der Waals surface area contributed by atoms with Crippen molar-refractivity contribution in [1.82, 2.24) is 0 Å². The van der Waals surface area contributed by atoms with Gasteiger partial charge in [0.1, 0.15) is 0 Å². The molecule has 2 unspecified atom stereocenters. The molecule has 0 spiro atoms. The molecule has 0 aromatic rings. The minimum atomic E-state index is 1.08. The maximum atomic E-state index is 2.52. The SMILES string of the molecule is [CH]1CCC2CCCC(C1)C2. The molecule has 0 aromatic carbocycles. The van der Waals surface area contributed by atoms with Gasteiger partial charge < -0.3 is 0 Å². The van der Waals surface area contributed by atoms with E-state index in [4.69, 9.17) is 0 Å². The van der Waals surface area contributed by atoms with E-state index in [1.54, 1.807) is 6.42 Å². The van der Waals surface area contributed by atoms with Crippen LogP contribution in [-0.4, -0.2) is 0 Å². The van der Waals surface area contributed by atoms with Gasteiger partial charge in [-0.05, 0) is 37.5 Å². The summed E-state index contributed by atoms with van der Waals surface area (Å²) in [7, 11) is 0. The fraction of sp³-hybridized carbons (Fsp3) is 0.900. The molecule has 0 heteroatoms. The zero-order valence-corrected chi connectivity index (χ0v) is 6.68. The van der Waals surface area contributed by atoms with E-state index in [1.807, 2.05) is 0 Å². The monoisotopic (exact) mass is 137 g/mol. The van der Waals surface area contributed by atoms with Gasteiger partial charge in [-0.1, -0.05) is 25.7 Å². The Kier molecular flexibility index (Phi) is 1.97. The Morgan fingerprint density at radius 1 is 1.00 bits per heavy atom. The van der Waals surface area contributed by atoms with Crippen molar-refractivity contribution in [3.05, 3.63) is 6.42 Å². The van der Waals surface area contributed by atoms with Crippen molar-refractivity contribution < 1.29 is 0 Å². The van der Waals surface area contributed by atoms with E-state index in [0.717, 1.165) is 11.8 Å². The van der Waals surface area contributed by atoms with Gasteiger partial charge in [-0.3, -0.25) is 0 Å². The van der Waals surface area contributed by atoms with Crippen molar-refractivity contribution in [2.45, 2.75) is 44.9 Å². The van der Waals surface area contributed by atoms with Crippen LogP contribution in [0.1, 0.15) is 44.9 Å². The number of hydrogen-bond donors (Lipinski definition) is 0. The Morgan fingerprint density at radius 3 is 2.90 bits per heavy atom. The molecule has 0 amide bonds. The fourth-order valence-electron chi connectivity index (χ4n) is 2.59. The first-order valence-corrected chi connectivity index (χ1v) is 4.77. The summed E-state index contributed by atoms with van der Waals surface area (Å²) in [6, 6.07) is 0. The molecule has 2 rings (SSSR count). The summed E-state index contributed by atoms with van der Waals surface area (Å²) in [5, 5.41) is 0. The van der Waals surface area contributed by atoms with Crippen LogP contribution in [0.3, 0.4) is 0 Å². The summed E-state index contributed by atoms with van der Waals surface area (Å²) in [5.41, 5.74) is 0. The van der Waals surface area contributed by atoms with Crippen molar-refractivity contribution in [2.24, 2.45) is 11.8 Å². The minimum absolute atomic E-state index is 1.08. The van der Waals surface area contributed by atoms with Crippen LogP contribution >= 0.6 is 0 Å². The zero-order valence-electron chi connectivity index (χ0n) is 6.68. The Labute approximate surface area is 64.0 Å². The second-order valence-corrected chi connectivity index (χ2v) is 4.00. The molecule has 57 valence electrons. The lowest BCUT2D eigenvalue weighted by Crippen LogP contribution is -2.12. The maximum Gasteiger partial charge on any atom is -0.0383 e. The van der Waals surface area contributed by atoms with Crippen LogP contribution in [0, 0.1) is 18.3 Å². The molecule has 2 saturated carbocycles. The summed E-state index contributed by atoms with van der Waals surface area (Å²) in [5.74, 6) is 2.19. The van der Waals surface area contributed by atoms with Gasteiger partial charge in [-0.2, -0.15) is 0 Å². The van der Waals surface area contributed by atoms with E-state index in [0.29, 0.717) is 0 Å². The van der Waals surface area contributed by atoms with Gasteiger partial charge in [0.25, 0.3) is 0 Å². The van der Waals surface area contributed by atoms with Crippen LogP contribution in [0.2, 0.25) is 0 Å². The molecule has 2 bridgehead atoms. The Bertz CT molecular complexity index is 94.6. The first kappa shape index (κ1) is 6.69. The topological polar surface area (TPSA) is 0 Å². The summed E-state index contributed by atoms with van der Waals surface area (Å²) in [4.78, 5) is 0. The van der Waals surface area contributed by atoms with E-state index in [2.05, 4.69) is 6.42 Å². The van der Waals surface area contributed by atoms with Crippen molar-refractivity contribution in [2.75, 3.05) is 0 Å². The first-order chi connectivity index (χ1) is 4.95. The minimum Gasteiger partial charge on any atom is -0.0528 e. The molecular weight excluding hydrogens is 120 g/mol. The largest absolute Gasteiger partial charge is 0.0528 e. The standard InChI is InChI=1S/C10H17/c1-2-5-10-7-3-6-9(4-1)8-10/h1,9-10H,2-8H2. The highest BCUT2D eigenvalue weighted by molar-refractivity contribution is 4.83. The molecule has 2 fully saturated rings. The number of rotatable bonds is 0. The average Bonchev–Trinajstić information content (AvgIpc) is 2.12. The van der Waals surface area contributed by atoms with E-state index in [1.165, 1.54) is 38.5 Å². The Morgan fingerprint density at radius 2 is 1.90 bits per heavy atom. The van der Waals surface area contributed by atoms with Gasteiger partial charge in [0.2, 0.25) is 0 Å². The summed E-state index contributed by atoms with van der Waals surface area (Å²) < 4.78 is 0.